The van der Waals surface area contributed by atoms with E-state index in [4.69, 9.17) is 4.42 Å². The molecule has 6 rings (SSSR count). The molecule has 5 atom stereocenters. The molecule has 2 aromatic carbocycles. The van der Waals surface area contributed by atoms with Gasteiger partial charge < -0.3 is 9.73 Å². The second-order valence-electron chi connectivity index (χ2n) is 9.38. The van der Waals surface area contributed by atoms with Gasteiger partial charge in [0.15, 0.2) is 0 Å². The van der Waals surface area contributed by atoms with Crippen LogP contribution in [0.5, 0.6) is 0 Å². The number of fused-ring (bicyclic) bond motifs is 7. The van der Waals surface area contributed by atoms with Crippen molar-refractivity contribution in [3.05, 3.63) is 65.5 Å². The van der Waals surface area contributed by atoms with E-state index in [0.29, 0.717) is 23.8 Å². The molecule has 3 aliphatic rings. The number of hydrogen-bond donors (Lipinski definition) is 1. The summed E-state index contributed by atoms with van der Waals surface area (Å²) < 4.78 is 5.98. The van der Waals surface area contributed by atoms with Crippen LogP contribution in [0.2, 0.25) is 0 Å². The molecule has 1 aromatic heterocycles. The van der Waals surface area contributed by atoms with Gasteiger partial charge in [-0.15, -0.1) is 10.2 Å². The molecule has 2 fully saturated rings. The monoisotopic (exact) mass is 399 g/mol. The first-order chi connectivity index (χ1) is 14.8. The lowest BCUT2D eigenvalue weighted by atomic mass is 9.68. The minimum atomic E-state index is 0.411. The van der Waals surface area contributed by atoms with Gasteiger partial charge in [0.05, 0.1) is 6.04 Å². The van der Waals surface area contributed by atoms with E-state index in [-0.39, 0.29) is 0 Å². The first-order valence-corrected chi connectivity index (χ1v) is 11.6. The summed E-state index contributed by atoms with van der Waals surface area (Å²) in [7, 11) is 0. The summed E-state index contributed by atoms with van der Waals surface area (Å²) in [5, 5.41) is 12.5. The van der Waals surface area contributed by atoms with Gasteiger partial charge in [-0.05, 0) is 78.7 Å². The highest BCUT2D eigenvalue weighted by Gasteiger charge is 2.53. The average Bonchev–Trinajstić information content (AvgIpc) is 3.54. The SMILES string of the molecule is CCCCc1nnc(-c2ccc3c(c2)C2C4CCC(C4)C2C(c2ccccc2)N3)o1. The molecule has 30 heavy (non-hydrogen) atoms. The van der Waals surface area contributed by atoms with Crippen molar-refractivity contribution in [1.82, 2.24) is 10.2 Å². The fraction of sp³-hybridized carbons (Fsp3) is 0.462. The van der Waals surface area contributed by atoms with Gasteiger partial charge >= 0.3 is 0 Å². The minimum Gasteiger partial charge on any atom is -0.421 e. The van der Waals surface area contributed by atoms with Crippen LogP contribution in [0.1, 0.15) is 68.0 Å². The third kappa shape index (κ3) is 2.88. The summed E-state index contributed by atoms with van der Waals surface area (Å²) in [6.07, 6.45) is 7.23. The topological polar surface area (TPSA) is 51.0 Å². The van der Waals surface area contributed by atoms with Gasteiger partial charge in [0.25, 0.3) is 0 Å². The lowest BCUT2D eigenvalue weighted by Crippen LogP contribution is -2.35. The average molecular weight is 400 g/mol. The highest BCUT2D eigenvalue weighted by Crippen LogP contribution is 2.63. The molecule has 2 heterocycles. The molecule has 0 amide bonds. The molecule has 5 unspecified atom stereocenters. The Morgan fingerprint density at radius 1 is 1.03 bits per heavy atom. The highest BCUT2D eigenvalue weighted by atomic mass is 16.4. The van der Waals surface area contributed by atoms with Crippen LogP contribution in [0.25, 0.3) is 11.5 Å². The molecule has 1 aliphatic heterocycles. The molecule has 0 saturated heterocycles. The van der Waals surface area contributed by atoms with Gasteiger partial charge in [0.1, 0.15) is 0 Å². The molecule has 2 bridgehead atoms. The largest absolute Gasteiger partial charge is 0.421 e. The van der Waals surface area contributed by atoms with E-state index in [2.05, 4.69) is 71.0 Å². The van der Waals surface area contributed by atoms with E-state index in [1.54, 1.807) is 0 Å². The second kappa shape index (κ2) is 7.26. The summed E-state index contributed by atoms with van der Waals surface area (Å²) >= 11 is 0. The summed E-state index contributed by atoms with van der Waals surface area (Å²) in [6.45, 7) is 2.18. The Hall–Kier alpha value is -2.62. The number of aromatic nitrogens is 2. The molecular formula is C26H29N3O. The van der Waals surface area contributed by atoms with Crippen LogP contribution in [0.3, 0.4) is 0 Å². The maximum Gasteiger partial charge on any atom is 0.247 e. The minimum absolute atomic E-state index is 0.411. The van der Waals surface area contributed by atoms with Crippen LogP contribution in [-0.2, 0) is 6.42 Å². The Balaban J connectivity index is 1.38. The van der Waals surface area contributed by atoms with E-state index in [1.807, 2.05) is 0 Å². The summed E-state index contributed by atoms with van der Waals surface area (Å²) in [6, 6.07) is 18.1. The fourth-order valence-electron chi connectivity index (χ4n) is 6.41. The van der Waals surface area contributed by atoms with Crippen LogP contribution in [0.15, 0.2) is 52.9 Å². The van der Waals surface area contributed by atoms with Crippen LogP contribution >= 0.6 is 0 Å². The third-order valence-electron chi connectivity index (χ3n) is 7.70. The first kappa shape index (κ1) is 18.2. The van der Waals surface area contributed by atoms with Crippen molar-refractivity contribution in [1.29, 1.82) is 0 Å². The number of benzene rings is 2. The Bertz CT molecular complexity index is 1040. The molecule has 154 valence electrons. The number of aryl methyl sites for hydroxylation is 1. The number of rotatable bonds is 5. The van der Waals surface area contributed by atoms with Crippen molar-refractivity contribution in [2.45, 2.75) is 57.4 Å². The van der Waals surface area contributed by atoms with Gasteiger partial charge in [0, 0.05) is 17.7 Å². The number of nitrogens with zero attached hydrogens (tertiary/aromatic N) is 2. The van der Waals surface area contributed by atoms with E-state index in [0.717, 1.165) is 42.6 Å². The van der Waals surface area contributed by atoms with Crippen molar-refractivity contribution in [3.63, 3.8) is 0 Å². The van der Waals surface area contributed by atoms with Crippen molar-refractivity contribution >= 4 is 5.69 Å². The van der Waals surface area contributed by atoms with Crippen LogP contribution in [-0.4, -0.2) is 10.2 Å². The van der Waals surface area contributed by atoms with Crippen molar-refractivity contribution in [3.8, 4) is 11.5 Å². The molecule has 2 saturated carbocycles. The summed E-state index contributed by atoms with van der Waals surface area (Å²) in [5.74, 6) is 4.37. The smallest absolute Gasteiger partial charge is 0.247 e. The molecule has 4 nitrogen and oxygen atoms in total. The predicted octanol–water partition coefficient (Wildman–Crippen LogP) is 6.38. The fourth-order valence-corrected chi connectivity index (χ4v) is 6.41. The van der Waals surface area contributed by atoms with Crippen molar-refractivity contribution in [2.75, 3.05) is 5.32 Å². The molecule has 1 N–H and O–H groups in total. The van der Waals surface area contributed by atoms with E-state index in [9.17, 15) is 0 Å². The van der Waals surface area contributed by atoms with E-state index in [1.165, 1.54) is 36.1 Å². The molecular weight excluding hydrogens is 370 g/mol. The zero-order chi connectivity index (χ0) is 20.1. The maximum atomic E-state index is 5.98. The van der Waals surface area contributed by atoms with E-state index >= 15 is 0 Å². The molecule has 0 spiro atoms. The Kier molecular flexibility index (Phi) is 4.40. The number of hydrogen-bond acceptors (Lipinski definition) is 4. The van der Waals surface area contributed by atoms with Crippen LogP contribution in [0, 0.1) is 17.8 Å². The van der Waals surface area contributed by atoms with Crippen LogP contribution in [0.4, 0.5) is 5.69 Å². The quantitative estimate of drug-likeness (QED) is 0.541. The third-order valence-corrected chi connectivity index (χ3v) is 7.70. The number of anilines is 1. The number of nitrogens with one attached hydrogen (secondary N) is 1. The molecule has 2 aliphatic carbocycles. The predicted molar refractivity (Wildman–Crippen MR) is 118 cm³/mol. The van der Waals surface area contributed by atoms with Crippen molar-refractivity contribution < 1.29 is 4.42 Å². The maximum absolute atomic E-state index is 5.98. The zero-order valence-electron chi connectivity index (χ0n) is 17.6. The molecule has 0 radical (unpaired) electrons. The highest BCUT2D eigenvalue weighted by molar-refractivity contribution is 5.66. The Morgan fingerprint density at radius 3 is 2.77 bits per heavy atom. The van der Waals surface area contributed by atoms with Gasteiger partial charge in [0.2, 0.25) is 11.8 Å². The van der Waals surface area contributed by atoms with Crippen LogP contribution < -0.4 is 5.32 Å². The lowest BCUT2D eigenvalue weighted by Gasteiger charge is -2.43. The second-order valence-corrected chi connectivity index (χ2v) is 9.38. The van der Waals surface area contributed by atoms with Gasteiger partial charge in [-0.3, -0.25) is 0 Å². The lowest BCUT2D eigenvalue weighted by molar-refractivity contribution is 0.247. The Morgan fingerprint density at radius 2 is 1.90 bits per heavy atom. The molecule has 4 heteroatoms. The standard InChI is InChI=1S/C26H29N3O/c1-2-3-9-22-28-29-26(30-22)19-12-13-21-20(15-19)23-17-10-11-18(14-17)24(23)25(27-21)16-7-5-4-6-8-16/h4-8,12-13,15,17-18,23-25,27H,2-3,9-11,14H2,1H3. The van der Waals surface area contributed by atoms with Gasteiger partial charge in [-0.25, -0.2) is 0 Å². The zero-order valence-corrected chi connectivity index (χ0v) is 17.6. The Labute approximate surface area is 178 Å². The summed E-state index contributed by atoms with van der Waals surface area (Å²) in [5.41, 5.74) is 5.23. The van der Waals surface area contributed by atoms with Gasteiger partial charge in [-0.1, -0.05) is 43.7 Å². The normalized spacial score (nSPS) is 28.8. The first-order valence-electron chi connectivity index (χ1n) is 11.6. The van der Waals surface area contributed by atoms with Crippen molar-refractivity contribution in [2.24, 2.45) is 17.8 Å². The van der Waals surface area contributed by atoms with Gasteiger partial charge in [-0.2, -0.15) is 0 Å². The molecule has 3 aromatic rings. The summed E-state index contributed by atoms with van der Waals surface area (Å²) in [4.78, 5) is 0. The number of unbranched alkanes of at least 4 members (excludes halogenated alkanes) is 1. The van der Waals surface area contributed by atoms with E-state index < -0.39 is 0 Å².